The van der Waals surface area contributed by atoms with Crippen molar-refractivity contribution < 1.29 is 27.5 Å². The molecule has 10 heteroatoms. The zero-order chi connectivity index (χ0) is 17.8. The van der Waals surface area contributed by atoms with Gasteiger partial charge in [0.25, 0.3) is 15.8 Å². The van der Waals surface area contributed by atoms with Crippen LogP contribution in [0, 0.1) is 10.1 Å². The van der Waals surface area contributed by atoms with E-state index in [4.69, 9.17) is 10.3 Å². The van der Waals surface area contributed by atoms with Gasteiger partial charge in [-0.15, -0.1) is 0 Å². The van der Waals surface area contributed by atoms with Crippen LogP contribution in [0.3, 0.4) is 0 Å². The Bertz CT molecular complexity index is 1060. The zero-order valence-electron chi connectivity index (χ0n) is 11.7. The number of nitro groups is 1. The molecule has 0 aromatic heterocycles. The first-order valence-electron chi connectivity index (χ1n) is 6.40. The molecule has 0 fully saturated rings. The van der Waals surface area contributed by atoms with Gasteiger partial charge in [-0.3, -0.25) is 24.3 Å². The van der Waals surface area contributed by atoms with Gasteiger partial charge in [-0.2, -0.15) is 8.42 Å². The lowest BCUT2D eigenvalue weighted by Crippen LogP contribution is -2.24. The predicted octanol–water partition coefficient (Wildman–Crippen LogP) is 1.20. The molecule has 0 aliphatic heterocycles. The molecule has 24 heavy (non-hydrogen) atoms. The molecule has 1 aliphatic carbocycles. The number of carbonyl (C=O) groups excluding carboxylic acids is 2. The number of hydrogen-bond donors (Lipinski definition) is 2. The summed E-state index contributed by atoms with van der Waals surface area (Å²) in [7, 11) is -4.59. The maximum Gasteiger partial charge on any atom is 0.294 e. The Kier molecular flexibility index (Phi) is 3.25. The smallest absolute Gasteiger partial charge is 0.294 e. The Labute approximate surface area is 134 Å². The minimum absolute atomic E-state index is 0.142. The van der Waals surface area contributed by atoms with Crippen LogP contribution >= 0.6 is 0 Å². The summed E-state index contributed by atoms with van der Waals surface area (Å²) < 4.78 is 31.5. The fourth-order valence-corrected chi connectivity index (χ4v) is 3.08. The highest BCUT2D eigenvalue weighted by molar-refractivity contribution is 7.85. The summed E-state index contributed by atoms with van der Waals surface area (Å²) >= 11 is 0. The van der Waals surface area contributed by atoms with Crippen LogP contribution in [0.2, 0.25) is 0 Å². The second-order valence-electron chi connectivity index (χ2n) is 5.02. The second-order valence-corrected chi connectivity index (χ2v) is 6.44. The van der Waals surface area contributed by atoms with Crippen molar-refractivity contribution in [3.63, 3.8) is 0 Å². The average Bonchev–Trinajstić information content (AvgIpc) is 2.50. The first-order valence-corrected chi connectivity index (χ1v) is 7.84. The minimum Gasteiger partial charge on any atom is -0.398 e. The lowest BCUT2D eigenvalue weighted by molar-refractivity contribution is -0.385. The van der Waals surface area contributed by atoms with Crippen molar-refractivity contribution in [3.8, 4) is 0 Å². The Balaban J connectivity index is 2.36. The van der Waals surface area contributed by atoms with Gasteiger partial charge in [0.2, 0.25) is 5.78 Å². The van der Waals surface area contributed by atoms with Crippen molar-refractivity contribution in [2.45, 2.75) is 4.90 Å². The number of anilines is 1. The number of nitrogen functional groups attached to an aromatic ring is 1. The molecule has 0 bridgehead atoms. The number of ketones is 2. The summed E-state index contributed by atoms with van der Waals surface area (Å²) in [5, 5.41) is 11.1. The molecule has 1 aliphatic rings. The van der Waals surface area contributed by atoms with Gasteiger partial charge >= 0.3 is 0 Å². The van der Waals surface area contributed by atoms with E-state index in [1.165, 1.54) is 0 Å². The van der Waals surface area contributed by atoms with Crippen LogP contribution in [0.5, 0.6) is 0 Å². The maximum atomic E-state index is 12.6. The number of hydrogen-bond acceptors (Lipinski definition) is 7. The van der Waals surface area contributed by atoms with Crippen LogP contribution in [0.1, 0.15) is 31.8 Å². The molecular weight excluding hydrogens is 340 g/mol. The number of nitrogens with two attached hydrogens (primary N) is 1. The van der Waals surface area contributed by atoms with E-state index in [2.05, 4.69) is 0 Å². The summed E-state index contributed by atoms with van der Waals surface area (Å²) in [5.41, 5.74) is 3.69. The van der Waals surface area contributed by atoms with E-state index < -0.39 is 42.8 Å². The van der Waals surface area contributed by atoms with E-state index >= 15 is 0 Å². The highest BCUT2D eigenvalue weighted by atomic mass is 32.2. The molecule has 3 N–H and O–H groups in total. The average molecular weight is 348 g/mol. The number of nitrogens with zero attached hydrogens (tertiary/aromatic N) is 1. The summed E-state index contributed by atoms with van der Waals surface area (Å²) in [5.74, 6) is -1.65. The van der Waals surface area contributed by atoms with Crippen molar-refractivity contribution in [1.29, 1.82) is 0 Å². The third-order valence-corrected chi connectivity index (χ3v) is 4.49. The number of carbonyl (C=O) groups is 2. The molecule has 0 amide bonds. The Morgan fingerprint density at radius 3 is 2.21 bits per heavy atom. The Morgan fingerprint density at radius 2 is 1.62 bits per heavy atom. The third-order valence-electron chi connectivity index (χ3n) is 3.64. The number of fused-ring (bicyclic) bond motifs is 2. The third kappa shape index (κ3) is 2.16. The molecule has 0 heterocycles. The van der Waals surface area contributed by atoms with E-state index in [0.717, 1.165) is 30.3 Å². The SMILES string of the molecule is Nc1ccc([N+](=O)[O-])c2c1C(=O)c1cc(S(=O)(=O)O)ccc1C2=O. The molecular formula is C14H8N2O7S. The fraction of sp³-hybridized carbons (Fsp3) is 0. The van der Waals surface area contributed by atoms with Gasteiger partial charge < -0.3 is 5.73 Å². The first-order chi connectivity index (χ1) is 11.1. The van der Waals surface area contributed by atoms with E-state index in [1.807, 2.05) is 0 Å². The molecule has 0 radical (unpaired) electrons. The van der Waals surface area contributed by atoms with Crippen molar-refractivity contribution in [3.05, 3.63) is 62.7 Å². The maximum absolute atomic E-state index is 12.6. The van der Waals surface area contributed by atoms with E-state index in [0.29, 0.717) is 0 Å². The molecule has 0 saturated heterocycles. The summed E-state index contributed by atoms with van der Waals surface area (Å²) in [6.07, 6.45) is 0. The summed E-state index contributed by atoms with van der Waals surface area (Å²) in [4.78, 5) is 34.9. The van der Waals surface area contributed by atoms with Gasteiger partial charge in [0, 0.05) is 22.9 Å². The lowest BCUT2D eigenvalue weighted by Gasteiger charge is -2.19. The Morgan fingerprint density at radius 1 is 1.00 bits per heavy atom. The van der Waals surface area contributed by atoms with Crippen LogP contribution in [-0.2, 0) is 10.1 Å². The molecule has 0 atom stereocenters. The van der Waals surface area contributed by atoms with Gasteiger partial charge in [0.05, 0.1) is 15.4 Å². The predicted molar refractivity (Wildman–Crippen MR) is 80.6 cm³/mol. The molecule has 0 unspecified atom stereocenters. The van der Waals surface area contributed by atoms with Gasteiger partial charge in [0.1, 0.15) is 5.56 Å². The molecule has 9 nitrogen and oxygen atoms in total. The van der Waals surface area contributed by atoms with Crippen LogP contribution in [0.15, 0.2) is 35.2 Å². The van der Waals surface area contributed by atoms with Gasteiger partial charge in [-0.05, 0) is 24.3 Å². The molecule has 2 aromatic rings. The van der Waals surface area contributed by atoms with E-state index in [-0.39, 0.29) is 22.4 Å². The molecule has 122 valence electrons. The molecule has 0 saturated carbocycles. The van der Waals surface area contributed by atoms with Crippen molar-refractivity contribution in [2.24, 2.45) is 0 Å². The highest BCUT2D eigenvalue weighted by Gasteiger charge is 2.37. The van der Waals surface area contributed by atoms with Gasteiger partial charge in [-0.25, -0.2) is 0 Å². The fourth-order valence-electron chi connectivity index (χ4n) is 2.57. The van der Waals surface area contributed by atoms with E-state index in [9.17, 15) is 28.1 Å². The zero-order valence-corrected chi connectivity index (χ0v) is 12.5. The normalized spacial score (nSPS) is 13.4. The van der Waals surface area contributed by atoms with Crippen molar-refractivity contribution in [1.82, 2.24) is 0 Å². The van der Waals surface area contributed by atoms with Crippen LogP contribution in [0.25, 0.3) is 0 Å². The van der Waals surface area contributed by atoms with Crippen LogP contribution in [-0.4, -0.2) is 29.5 Å². The van der Waals surface area contributed by atoms with Crippen molar-refractivity contribution in [2.75, 3.05) is 5.73 Å². The Hall–Kier alpha value is -3.11. The summed E-state index contributed by atoms with van der Waals surface area (Å²) in [6.45, 7) is 0. The first kappa shape index (κ1) is 15.8. The van der Waals surface area contributed by atoms with Gasteiger partial charge in [-0.1, -0.05) is 0 Å². The highest BCUT2D eigenvalue weighted by Crippen LogP contribution is 2.36. The molecule has 2 aromatic carbocycles. The van der Waals surface area contributed by atoms with E-state index in [1.54, 1.807) is 0 Å². The summed E-state index contributed by atoms with van der Waals surface area (Å²) in [6, 6.07) is 4.94. The second kappa shape index (κ2) is 4.94. The number of rotatable bonds is 2. The monoisotopic (exact) mass is 348 g/mol. The lowest BCUT2D eigenvalue weighted by atomic mass is 9.82. The number of nitro benzene ring substituents is 1. The molecule has 0 spiro atoms. The standard InChI is InChI=1S/C14H8N2O7S/c15-9-3-4-10(16(19)20)12-11(9)14(18)8-5-6(24(21,22)23)1-2-7(8)13(12)17/h1-5H,15H2,(H,21,22,23). The van der Waals surface area contributed by atoms with Crippen molar-refractivity contribution >= 4 is 33.1 Å². The van der Waals surface area contributed by atoms with Crippen LogP contribution in [0.4, 0.5) is 11.4 Å². The topological polar surface area (TPSA) is 158 Å². The molecule has 3 rings (SSSR count). The van der Waals surface area contributed by atoms with Crippen LogP contribution < -0.4 is 5.73 Å². The van der Waals surface area contributed by atoms with Gasteiger partial charge in [0.15, 0.2) is 5.78 Å². The number of benzene rings is 2. The minimum atomic E-state index is -4.59. The largest absolute Gasteiger partial charge is 0.398 e. The quantitative estimate of drug-likeness (QED) is 0.302.